The number of para-hydroxylation sites is 2. The number of amides is 1. The molecule has 29 heavy (non-hydrogen) atoms. The molecule has 1 aromatic heterocycles. The molecule has 1 amide bonds. The smallest absolute Gasteiger partial charge is 0.264 e. The van der Waals surface area contributed by atoms with Crippen LogP contribution in [0.15, 0.2) is 53.1 Å². The summed E-state index contributed by atoms with van der Waals surface area (Å²) in [7, 11) is 0. The predicted molar refractivity (Wildman–Crippen MR) is 107 cm³/mol. The molecule has 1 saturated heterocycles. The van der Waals surface area contributed by atoms with Crippen LogP contribution in [0.5, 0.6) is 11.5 Å². The molecule has 0 radical (unpaired) electrons. The molecule has 1 fully saturated rings. The lowest BCUT2D eigenvalue weighted by Gasteiger charge is -2.16. The van der Waals surface area contributed by atoms with Crippen molar-refractivity contribution in [1.29, 1.82) is 0 Å². The van der Waals surface area contributed by atoms with Gasteiger partial charge in [-0.05, 0) is 43.5 Å². The van der Waals surface area contributed by atoms with E-state index in [0.29, 0.717) is 23.0 Å². The van der Waals surface area contributed by atoms with Crippen molar-refractivity contribution in [2.75, 3.05) is 19.7 Å². The van der Waals surface area contributed by atoms with E-state index in [9.17, 15) is 4.79 Å². The Balaban J connectivity index is 1.42. The van der Waals surface area contributed by atoms with E-state index in [0.717, 1.165) is 37.2 Å². The van der Waals surface area contributed by atoms with Gasteiger partial charge in [-0.1, -0.05) is 35.5 Å². The summed E-state index contributed by atoms with van der Waals surface area (Å²) in [6, 6.07) is 15.1. The van der Waals surface area contributed by atoms with Gasteiger partial charge in [-0.25, -0.2) is 0 Å². The van der Waals surface area contributed by atoms with Crippen molar-refractivity contribution in [2.45, 2.75) is 26.4 Å². The van der Waals surface area contributed by atoms with Crippen LogP contribution in [0.1, 0.15) is 24.3 Å². The molecule has 3 aromatic rings. The number of nitrogens with zero attached hydrogens (tertiary/aromatic N) is 3. The Bertz CT molecular complexity index is 979. The lowest BCUT2D eigenvalue weighted by Crippen LogP contribution is -2.32. The number of rotatable bonds is 7. The highest BCUT2D eigenvalue weighted by Gasteiger charge is 2.20. The van der Waals surface area contributed by atoms with E-state index < -0.39 is 0 Å². The van der Waals surface area contributed by atoms with Gasteiger partial charge in [0.2, 0.25) is 5.82 Å². The number of benzene rings is 2. The monoisotopic (exact) mass is 393 g/mol. The third-order valence-corrected chi connectivity index (χ3v) is 4.85. The number of aryl methyl sites for hydroxylation is 1. The first-order valence-electron chi connectivity index (χ1n) is 9.72. The first-order chi connectivity index (χ1) is 14.2. The summed E-state index contributed by atoms with van der Waals surface area (Å²) in [5.41, 5.74) is 1.71. The van der Waals surface area contributed by atoms with Crippen molar-refractivity contribution in [1.82, 2.24) is 15.0 Å². The Labute approximate surface area is 169 Å². The molecule has 0 N–H and O–H groups in total. The molecule has 0 aliphatic carbocycles. The number of likely N-dealkylation sites (tertiary alicyclic amines) is 1. The second-order valence-corrected chi connectivity index (χ2v) is 6.94. The fourth-order valence-corrected chi connectivity index (χ4v) is 3.26. The molecule has 0 atom stereocenters. The predicted octanol–water partition coefficient (Wildman–Crippen LogP) is 3.63. The van der Waals surface area contributed by atoms with Gasteiger partial charge < -0.3 is 18.9 Å². The third-order valence-electron chi connectivity index (χ3n) is 4.85. The van der Waals surface area contributed by atoms with Gasteiger partial charge in [0.1, 0.15) is 11.5 Å². The lowest BCUT2D eigenvalue weighted by molar-refractivity contribution is -0.132. The Kier molecular flexibility index (Phi) is 5.74. The molecule has 7 heteroatoms. The molecule has 2 aromatic carbocycles. The number of aromatic nitrogens is 2. The SMILES string of the molecule is Cc1ccccc1OCc1nc(-c2ccccc2OCC(=O)N2CCCC2)no1. The van der Waals surface area contributed by atoms with Crippen LogP contribution in [0.4, 0.5) is 0 Å². The number of carbonyl (C=O) groups is 1. The molecule has 150 valence electrons. The average Bonchev–Trinajstić information content (AvgIpc) is 3.44. The van der Waals surface area contributed by atoms with E-state index in [1.54, 1.807) is 6.07 Å². The molecular weight excluding hydrogens is 370 g/mol. The largest absolute Gasteiger partial charge is 0.483 e. The average molecular weight is 393 g/mol. The van der Waals surface area contributed by atoms with Crippen molar-refractivity contribution in [3.8, 4) is 22.9 Å². The number of carbonyl (C=O) groups excluding carboxylic acids is 1. The summed E-state index contributed by atoms with van der Waals surface area (Å²) in [5, 5.41) is 4.04. The first-order valence-corrected chi connectivity index (χ1v) is 9.72. The van der Waals surface area contributed by atoms with Crippen LogP contribution in [0.2, 0.25) is 0 Å². The van der Waals surface area contributed by atoms with Crippen LogP contribution in [0.25, 0.3) is 11.4 Å². The molecule has 0 bridgehead atoms. The van der Waals surface area contributed by atoms with Gasteiger partial charge >= 0.3 is 0 Å². The fraction of sp³-hybridized carbons (Fsp3) is 0.318. The van der Waals surface area contributed by atoms with Gasteiger partial charge in [0, 0.05) is 13.1 Å². The zero-order valence-corrected chi connectivity index (χ0v) is 16.3. The molecule has 0 unspecified atom stereocenters. The Morgan fingerprint density at radius 2 is 1.76 bits per heavy atom. The molecule has 1 aliphatic rings. The highest BCUT2D eigenvalue weighted by Crippen LogP contribution is 2.28. The first kappa shape index (κ1) is 19.0. The van der Waals surface area contributed by atoms with Gasteiger partial charge in [-0.2, -0.15) is 4.98 Å². The minimum Gasteiger partial charge on any atom is -0.483 e. The summed E-state index contributed by atoms with van der Waals surface area (Å²) in [4.78, 5) is 18.5. The number of ether oxygens (including phenoxy) is 2. The molecule has 2 heterocycles. The molecule has 4 rings (SSSR count). The fourth-order valence-electron chi connectivity index (χ4n) is 3.26. The Morgan fingerprint density at radius 3 is 2.55 bits per heavy atom. The van der Waals surface area contributed by atoms with E-state index in [2.05, 4.69) is 10.1 Å². The minimum atomic E-state index is -0.00210. The molecule has 1 aliphatic heterocycles. The number of hydrogen-bond acceptors (Lipinski definition) is 6. The zero-order valence-electron chi connectivity index (χ0n) is 16.3. The standard InChI is InChI=1S/C22H23N3O4/c1-16-8-2-4-10-18(16)27-14-20-23-22(24-29-20)17-9-3-5-11-19(17)28-15-21(26)25-12-6-7-13-25/h2-5,8-11H,6-7,12-15H2,1H3. The van der Waals surface area contributed by atoms with Crippen LogP contribution in [0, 0.1) is 6.92 Å². The second-order valence-electron chi connectivity index (χ2n) is 6.94. The van der Waals surface area contributed by atoms with Crippen LogP contribution >= 0.6 is 0 Å². The van der Waals surface area contributed by atoms with Gasteiger partial charge in [0.15, 0.2) is 13.2 Å². The lowest BCUT2D eigenvalue weighted by atomic mass is 10.2. The zero-order chi connectivity index (χ0) is 20.1. The highest BCUT2D eigenvalue weighted by atomic mass is 16.5. The second kappa shape index (κ2) is 8.77. The van der Waals surface area contributed by atoms with Crippen molar-refractivity contribution < 1.29 is 18.8 Å². The van der Waals surface area contributed by atoms with Gasteiger partial charge in [0.25, 0.3) is 11.8 Å². The summed E-state index contributed by atoms with van der Waals surface area (Å²) in [6.45, 7) is 3.76. The van der Waals surface area contributed by atoms with Gasteiger partial charge in [-0.15, -0.1) is 0 Å². The van der Waals surface area contributed by atoms with Crippen LogP contribution in [-0.2, 0) is 11.4 Å². The molecule has 0 saturated carbocycles. The molecular formula is C22H23N3O4. The van der Waals surface area contributed by atoms with E-state index >= 15 is 0 Å². The molecule has 7 nitrogen and oxygen atoms in total. The van der Waals surface area contributed by atoms with E-state index in [4.69, 9.17) is 14.0 Å². The van der Waals surface area contributed by atoms with Gasteiger partial charge in [0.05, 0.1) is 5.56 Å². The summed E-state index contributed by atoms with van der Waals surface area (Å²) in [6.07, 6.45) is 2.11. The number of hydrogen-bond donors (Lipinski definition) is 0. The highest BCUT2D eigenvalue weighted by molar-refractivity contribution is 5.78. The summed E-state index contributed by atoms with van der Waals surface area (Å²) < 4.78 is 16.9. The van der Waals surface area contributed by atoms with Gasteiger partial charge in [-0.3, -0.25) is 4.79 Å². The topological polar surface area (TPSA) is 77.7 Å². The maximum absolute atomic E-state index is 12.3. The summed E-state index contributed by atoms with van der Waals surface area (Å²) in [5.74, 6) is 2.09. The van der Waals surface area contributed by atoms with Crippen LogP contribution < -0.4 is 9.47 Å². The van der Waals surface area contributed by atoms with E-state index in [1.807, 2.05) is 54.3 Å². The quantitative estimate of drug-likeness (QED) is 0.610. The minimum absolute atomic E-state index is 0.00187. The van der Waals surface area contributed by atoms with E-state index in [1.165, 1.54) is 0 Å². The summed E-state index contributed by atoms with van der Waals surface area (Å²) >= 11 is 0. The van der Waals surface area contributed by atoms with Crippen LogP contribution in [-0.4, -0.2) is 40.6 Å². The van der Waals surface area contributed by atoms with E-state index in [-0.39, 0.29) is 19.1 Å². The maximum atomic E-state index is 12.3. The van der Waals surface area contributed by atoms with Crippen molar-refractivity contribution in [2.24, 2.45) is 0 Å². The molecule has 0 spiro atoms. The van der Waals surface area contributed by atoms with Crippen molar-refractivity contribution in [3.05, 3.63) is 60.0 Å². The normalized spacial score (nSPS) is 13.5. The van der Waals surface area contributed by atoms with Crippen molar-refractivity contribution in [3.63, 3.8) is 0 Å². The maximum Gasteiger partial charge on any atom is 0.264 e. The van der Waals surface area contributed by atoms with Crippen LogP contribution in [0.3, 0.4) is 0 Å². The third kappa shape index (κ3) is 4.56. The van der Waals surface area contributed by atoms with Crippen molar-refractivity contribution >= 4 is 5.91 Å². The Hall–Kier alpha value is -3.35. The Morgan fingerprint density at radius 1 is 1.03 bits per heavy atom.